The van der Waals surface area contributed by atoms with E-state index in [1.54, 1.807) is 19.2 Å². The van der Waals surface area contributed by atoms with Crippen molar-refractivity contribution >= 4 is 5.91 Å². The topological polar surface area (TPSA) is 50.8 Å². The standard InChI is InChI=1S/C21H24F2N2O3/c1-27-16-8-6-7-15(13-16)18(25-11-4-5-12-25)14-24-20(26)17-9-2-3-10-19(17)28-21(22)23/h2-3,6-10,13,18,21H,4-5,11-12,14H2,1H3,(H,24,26). The lowest BCUT2D eigenvalue weighted by molar-refractivity contribution is -0.0501. The Kier molecular flexibility index (Phi) is 6.81. The summed E-state index contributed by atoms with van der Waals surface area (Å²) < 4.78 is 35.0. The van der Waals surface area contributed by atoms with Gasteiger partial charge in [0.15, 0.2) is 0 Å². The number of amides is 1. The Labute approximate surface area is 163 Å². The molecule has 3 rings (SSSR count). The van der Waals surface area contributed by atoms with Crippen LogP contribution < -0.4 is 14.8 Å². The summed E-state index contributed by atoms with van der Waals surface area (Å²) in [4.78, 5) is 15.0. The zero-order valence-electron chi connectivity index (χ0n) is 15.7. The molecule has 7 heteroatoms. The van der Waals surface area contributed by atoms with Gasteiger partial charge in [-0.1, -0.05) is 24.3 Å². The van der Waals surface area contributed by atoms with E-state index in [-0.39, 0.29) is 17.4 Å². The summed E-state index contributed by atoms with van der Waals surface area (Å²) in [6.45, 7) is -0.733. The van der Waals surface area contributed by atoms with E-state index in [9.17, 15) is 13.6 Å². The fourth-order valence-electron chi connectivity index (χ4n) is 3.50. The van der Waals surface area contributed by atoms with Crippen LogP contribution in [0.5, 0.6) is 11.5 Å². The predicted octanol–water partition coefficient (Wildman–Crippen LogP) is 3.86. The maximum atomic E-state index is 12.6. The van der Waals surface area contributed by atoms with Gasteiger partial charge in [0.1, 0.15) is 11.5 Å². The van der Waals surface area contributed by atoms with E-state index < -0.39 is 12.5 Å². The second-order valence-corrected chi connectivity index (χ2v) is 6.62. The summed E-state index contributed by atoms with van der Waals surface area (Å²) >= 11 is 0. The Morgan fingerprint density at radius 3 is 2.61 bits per heavy atom. The SMILES string of the molecule is COc1cccc(C(CNC(=O)c2ccccc2OC(F)F)N2CCCC2)c1. The van der Waals surface area contributed by atoms with E-state index in [2.05, 4.69) is 15.0 Å². The van der Waals surface area contributed by atoms with Crippen molar-refractivity contribution in [2.24, 2.45) is 0 Å². The van der Waals surface area contributed by atoms with Crippen molar-refractivity contribution in [1.29, 1.82) is 0 Å². The van der Waals surface area contributed by atoms with Gasteiger partial charge in [0, 0.05) is 6.54 Å². The minimum Gasteiger partial charge on any atom is -0.497 e. The lowest BCUT2D eigenvalue weighted by atomic mass is 10.0. The van der Waals surface area contributed by atoms with Gasteiger partial charge < -0.3 is 14.8 Å². The fraction of sp³-hybridized carbons (Fsp3) is 0.381. The van der Waals surface area contributed by atoms with Gasteiger partial charge in [-0.05, 0) is 55.8 Å². The Morgan fingerprint density at radius 1 is 1.14 bits per heavy atom. The number of benzene rings is 2. The molecule has 1 fully saturated rings. The Morgan fingerprint density at radius 2 is 1.89 bits per heavy atom. The first-order valence-corrected chi connectivity index (χ1v) is 9.28. The van der Waals surface area contributed by atoms with Crippen LogP contribution in [0.15, 0.2) is 48.5 Å². The van der Waals surface area contributed by atoms with Crippen LogP contribution in [-0.2, 0) is 0 Å². The molecule has 1 saturated heterocycles. The molecule has 28 heavy (non-hydrogen) atoms. The summed E-state index contributed by atoms with van der Waals surface area (Å²) in [5.41, 5.74) is 1.13. The molecule has 0 saturated carbocycles. The Hall–Kier alpha value is -2.67. The maximum absolute atomic E-state index is 12.6. The van der Waals surface area contributed by atoms with Crippen molar-refractivity contribution < 1.29 is 23.0 Å². The third-order valence-electron chi connectivity index (χ3n) is 4.86. The third kappa shape index (κ3) is 4.98. The van der Waals surface area contributed by atoms with Crippen LogP contribution in [0.4, 0.5) is 8.78 Å². The smallest absolute Gasteiger partial charge is 0.387 e. The molecule has 1 N–H and O–H groups in total. The van der Waals surface area contributed by atoms with Crippen LogP contribution >= 0.6 is 0 Å². The molecule has 0 spiro atoms. The van der Waals surface area contributed by atoms with Crippen LogP contribution in [0.1, 0.15) is 34.8 Å². The zero-order valence-corrected chi connectivity index (χ0v) is 15.7. The van der Waals surface area contributed by atoms with Crippen molar-refractivity contribution in [1.82, 2.24) is 10.2 Å². The number of nitrogens with one attached hydrogen (secondary N) is 1. The van der Waals surface area contributed by atoms with Gasteiger partial charge >= 0.3 is 6.61 Å². The molecule has 1 aliphatic rings. The molecule has 1 heterocycles. The number of para-hydroxylation sites is 1. The van der Waals surface area contributed by atoms with E-state index in [1.807, 2.05) is 24.3 Å². The molecule has 1 amide bonds. The van der Waals surface area contributed by atoms with E-state index >= 15 is 0 Å². The van der Waals surface area contributed by atoms with Gasteiger partial charge in [0.2, 0.25) is 0 Å². The molecule has 1 atom stereocenters. The molecule has 0 aromatic heterocycles. The summed E-state index contributed by atoms with van der Waals surface area (Å²) in [5, 5.41) is 2.88. The molecule has 1 aliphatic heterocycles. The molecular weight excluding hydrogens is 366 g/mol. The molecule has 1 unspecified atom stereocenters. The highest BCUT2D eigenvalue weighted by Gasteiger charge is 2.25. The van der Waals surface area contributed by atoms with Gasteiger partial charge in [-0.25, -0.2) is 0 Å². The minimum absolute atomic E-state index is 0.0234. The molecule has 0 bridgehead atoms. The Balaban J connectivity index is 1.76. The molecule has 2 aromatic carbocycles. The number of ether oxygens (including phenoxy) is 2. The number of methoxy groups -OCH3 is 1. The first kappa shape index (κ1) is 20.1. The van der Waals surface area contributed by atoms with Gasteiger partial charge in [-0.15, -0.1) is 0 Å². The molecule has 0 radical (unpaired) electrons. The third-order valence-corrected chi connectivity index (χ3v) is 4.86. The highest BCUT2D eigenvalue weighted by atomic mass is 19.3. The summed E-state index contributed by atoms with van der Waals surface area (Å²) in [7, 11) is 1.62. The van der Waals surface area contributed by atoms with Crippen LogP contribution in [0.3, 0.4) is 0 Å². The largest absolute Gasteiger partial charge is 0.497 e. The normalized spacial score (nSPS) is 15.4. The molecular formula is C21H24F2N2O3. The van der Waals surface area contributed by atoms with Gasteiger partial charge in [0.25, 0.3) is 5.91 Å². The van der Waals surface area contributed by atoms with Crippen LogP contribution in [-0.4, -0.2) is 44.2 Å². The number of carbonyl (C=O) groups excluding carboxylic acids is 1. The number of hydrogen-bond acceptors (Lipinski definition) is 4. The van der Waals surface area contributed by atoms with Crippen LogP contribution in [0.25, 0.3) is 0 Å². The number of rotatable bonds is 8. The van der Waals surface area contributed by atoms with Crippen molar-refractivity contribution in [3.8, 4) is 11.5 Å². The van der Waals surface area contributed by atoms with Crippen LogP contribution in [0, 0.1) is 0 Å². The molecule has 2 aromatic rings. The van der Waals surface area contributed by atoms with E-state index in [4.69, 9.17) is 4.74 Å². The highest BCUT2D eigenvalue weighted by Crippen LogP contribution is 2.27. The molecule has 0 aliphatic carbocycles. The second-order valence-electron chi connectivity index (χ2n) is 6.62. The zero-order chi connectivity index (χ0) is 19.9. The van der Waals surface area contributed by atoms with E-state index in [0.29, 0.717) is 6.54 Å². The number of carbonyl (C=O) groups is 1. The highest BCUT2D eigenvalue weighted by molar-refractivity contribution is 5.96. The van der Waals surface area contributed by atoms with Crippen molar-refractivity contribution in [3.05, 3.63) is 59.7 Å². The monoisotopic (exact) mass is 390 g/mol. The average molecular weight is 390 g/mol. The van der Waals surface area contributed by atoms with Crippen molar-refractivity contribution in [3.63, 3.8) is 0 Å². The quantitative estimate of drug-likeness (QED) is 0.744. The maximum Gasteiger partial charge on any atom is 0.387 e. The van der Waals surface area contributed by atoms with Crippen molar-refractivity contribution in [2.45, 2.75) is 25.5 Å². The lowest BCUT2D eigenvalue weighted by Gasteiger charge is -2.28. The summed E-state index contributed by atoms with van der Waals surface area (Å²) in [5.74, 6) is 0.182. The fourth-order valence-corrected chi connectivity index (χ4v) is 3.50. The first-order chi connectivity index (χ1) is 13.6. The number of hydrogen-bond donors (Lipinski definition) is 1. The Bertz CT molecular complexity index is 795. The number of alkyl halides is 2. The molecule has 5 nitrogen and oxygen atoms in total. The number of likely N-dealkylation sites (tertiary alicyclic amines) is 1. The first-order valence-electron chi connectivity index (χ1n) is 9.28. The minimum atomic E-state index is -2.98. The van der Waals surface area contributed by atoms with E-state index in [0.717, 1.165) is 37.2 Å². The lowest BCUT2D eigenvalue weighted by Crippen LogP contribution is -2.37. The summed E-state index contributed by atoms with van der Waals surface area (Å²) in [6, 6.07) is 13.8. The van der Waals surface area contributed by atoms with E-state index in [1.165, 1.54) is 12.1 Å². The number of nitrogens with zero attached hydrogens (tertiary/aromatic N) is 1. The van der Waals surface area contributed by atoms with Gasteiger partial charge in [-0.2, -0.15) is 8.78 Å². The van der Waals surface area contributed by atoms with Gasteiger partial charge in [-0.3, -0.25) is 9.69 Å². The number of halogens is 2. The van der Waals surface area contributed by atoms with Gasteiger partial charge in [0.05, 0.1) is 18.7 Å². The second kappa shape index (κ2) is 9.50. The van der Waals surface area contributed by atoms with Crippen molar-refractivity contribution in [2.75, 3.05) is 26.7 Å². The average Bonchev–Trinajstić information content (AvgIpc) is 3.22. The summed E-state index contributed by atoms with van der Waals surface area (Å²) in [6.07, 6.45) is 2.22. The predicted molar refractivity (Wildman–Crippen MR) is 102 cm³/mol. The molecule has 150 valence electrons. The van der Waals surface area contributed by atoms with Crippen LogP contribution in [0.2, 0.25) is 0 Å².